The molecule has 0 bridgehead atoms. The van der Waals surface area contributed by atoms with Gasteiger partial charge in [0.25, 0.3) is 0 Å². The Hall–Kier alpha value is -0.780. The molecule has 1 heterocycles. The Labute approximate surface area is 123 Å². The van der Waals surface area contributed by atoms with E-state index in [0.29, 0.717) is 11.4 Å². The molecule has 0 saturated carbocycles. The van der Waals surface area contributed by atoms with Crippen LogP contribution in [-0.4, -0.2) is 35.9 Å². The lowest BCUT2D eigenvalue weighted by Gasteiger charge is -2.18. The number of thioether (sulfide) groups is 1. The fraction of sp³-hybridized carbons (Fsp3) is 0.538. The number of rotatable bonds is 7. The van der Waals surface area contributed by atoms with E-state index in [0.717, 1.165) is 10.8 Å². The van der Waals surface area contributed by atoms with E-state index < -0.39 is 0 Å². The molecule has 0 aromatic carbocycles. The molecule has 0 aliphatic rings. The second-order valence-corrected chi connectivity index (χ2v) is 5.90. The molecule has 1 aromatic heterocycles. The van der Waals surface area contributed by atoms with Crippen LogP contribution in [-0.2, 0) is 9.53 Å². The summed E-state index contributed by atoms with van der Waals surface area (Å²) in [5.41, 5.74) is 0. The molecule has 1 N–H and O–H groups in total. The standard InChI is InChI=1S/C13H19ClN2O2S/c1-9(2)16-11(13(17)18-3)6-7-19-12-5-4-10(14)8-15-12/h4-5,8-9,11,16H,6-7H2,1-3H3. The van der Waals surface area contributed by atoms with E-state index in [-0.39, 0.29) is 18.1 Å². The van der Waals surface area contributed by atoms with E-state index in [2.05, 4.69) is 10.3 Å². The van der Waals surface area contributed by atoms with Gasteiger partial charge in [-0.1, -0.05) is 25.4 Å². The first-order valence-electron chi connectivity index (χ1n) is 6.11. The molecular formula is C13H19ClN2O2S. The van der Waals surface area contributed by atoms with Gasteiger partial charge in [-0.05, 0) is 18.6 Å². The fourth-order valence-corrected chi connectivity index (χ4v) is 2.51. The smallest absolute Gasteiger partial charge is 0.322 e. The SMILES string of the molecule is COC(=O)C(CCSc1ccc(Cl)cn1)NC(C)C. The maximum Gasteiger partial charge on any atom is 0.322 e. The predicted molar refractivity (Wildman–Crippen MR) is 78.7 cm³/mol. The Morgan fingerprint density at radius 1 is 1.53 bits per heavy atom. The van der Waals surface area contributed by atoms with Gasteiger partial charge in [0.05, 0.1) is 17.2 Å². The van der Waals surface area contributed by atoms with Crippen LogP contribution in [0.15, 0.2) is 23.4 Å². The summed E-state index contributed by atoms with van der Waals surface area (Å²) in [5.74, 6) is 0.562. The molecule has 0 aliphatic heterocycles. The first-order chi connectivity index (χ1) is 9.02. The summed E-state index contributed by atoms with van der Waals surface area (Å²) in [5, 5.41) is 4.72. The molecule has 0 radical (unpaired) electrons. The molecule has 0 amide bonds. The summed E-state index contributed by atoms with van der Waals surface area (Å²) < 4.78 is 4.79. The van der Waals surface area contributed by atoms with E-state index >= 15 is 0 Å². The lowest BCUT2D eigenvalue weighted by molar-refractivity contribution is -0.143. The summed E-state index contributed by atoms with van der Waals surface area (Å²) in [6, 6.07) is 3.64. The second kappa shape index (κ2) is 8.40. The molecule has 1 aromatic rings. The minimum Gasteiger partial charge on any atom is -0.468 e. The number of esters is 1. The van der Waals surface area contributed by atoms with Crippen molar-refractivity contribution in [3.63, 3.8) is 0 Å². The van der Waals surface area contributed by atoms with Gasteiger partial charge in [0.1, 0.15) is 6.04 Å². The van der Waals surface area contributed by atoms with Gasteiger partial charge in [-0.25, -0.2) is 4.98 Å². The lowest BCUT2D eigenvalue weighted by Crippen LogP contribution is -2.41. The normalized spacial score (nSPS) is 12.5. The second-order valence-electron chi connectivity index (χ2n) is 4.35. The summed E-state index contributed by atoms with van der Waals surface area (Å²) in [6.07, 6.45) is 2.31. The highest BCUT2D eigenvalue weighted by atomic mass is 35.5. The summed E-state index contributed by atoms with van der Waals surface area (Å²) in [7, 11) is 1.41. The molecule has 19 heavy (non-hydrogen) atoms. The van der Waals surface area contributed by atoms with Crippen molar-refractivity contribution in [3.05, 3.63) is 23.4 Å². The summed E-state index contributed by atoms with van der Waals surface area (Å²) in [6.45, 7) is 4.01. The number of hydrogen-bond acceptors (Lipinski definition) is 5. The lowest BCUT2D eigenvalue weighted by atomic mass is 10.2. The topological polar surface area (TPSA) is 51.2 Å². The maximum absolute atomic E-state index is 11.6. The molecule has 1 atom stereocenters. The van der Waals surface area contributed by atoms with Crippen molar-refractivity contribution in [3.8, 4) is 0 Å². The van der Waals surface area contributed by atoms with E-state index in [9.17, 15) is 4.79 Å². The molecule has 1 unspecified atom stereocenters. The fourth-order valence-electron chi connectivity index (χ4n) is 1.54. The number of ether oxygens (including phenoxy) is 1. The van der Waals surface area contributed by atoms with Crippen LogP contribution >= 0.6 is 23.4 Å². The molecule has 106 valence electrons. The van der Waals surface area contributed by atoms with Crippen LogP contribution in [0.2, 0.25) is 5.02 Å². The Morgan fingerprint density at radius 2 is 2.26 bits per heavy atom. The van der Waals surface area contributed by atoms with Crippen LogP contribution in [0.1, 0.15) is 20.3 Å². The van der Waals surface area contributed by atoms with Crippen LogP contribution in [0.3, 0.4) is 0 Å². The number of halogens is 1. The van der Waals surface area contributed by atoms with Crippen molar-refractivity contribution < 1.29 is 9.53 Å². The zero-order chi connectivity index (χ0) is 14.3. The van der Waals surface area contributed by atoms with E-state index in [1.807, 2.05) is 19.9 Å². The first kappa shape index (κ1) is 16.3. The van der Waals surface area contributed by atoms with Gasteiger partial charge in [0, 0.05) is 18.0 Å². The number of pyridine rings is 1. The minimum atomic E-state index is -0.273. The highest BCUT2D eigenvalue weighted by Gasteiger charge is 2.19. The molecule has 4 nitrogen and oxygen atoms in total. The number of hydrogen-bond donors (Lipinski definition) is 1. The van der Waals surface area contributed by atoms with Gasteiger partial charge < -0.3 is 10.1 Å². The molecule has 6 heteroatoms. The van der Waals surface area contributed by atoms with E-state index in [4.69, 9.17) is 16.3 Å². The molecule has 0 fully saturated rings. The molecule has 1 rings (SSSR count). The average molecular weight is 303 g/mol. The van der Waals surface area contributed by atoms with Gasteiger partial charge in [-0.3, -0.25) is 4.79 Å². The van der Waals surface area contributed by atoms with Gasteiger partial charge in [0.15, 0.2) is 0 Å². The molecule has 0 saturated heterocycles. The van der Waals surface area contributed by atoms with Gasteiger partial charge >= 0.3 is 5.97 Å². The van der Waals surface area contributed by atoms with Crippen molar-refractivity contribution in [1.29, 1.82) is 0 Å². The first-order valence-corrected chi connectivity index (χ1v) is 7.47. The largest absolute Gasteiger partial charge is 0.468 e. The summed E-state index contributed by atoms with van der Waals surface area (Å²) >= 11 is 7.37. The van der Waals surface area contributed by atoms with Crippen molar-refractivity contribution in [2.75, 3.05) is 12.9 Å². The minimum absolute atomic E-state index is 0.224. The quantitative estimate of drug-likeness (QED) is 0.620. The van der Waals surface area contributed by atoms with Crippen LogP contribution < -0.4 is 5.32 Å². The van der Waals surface area contributed by atoms with Crippen molar-refractivity contribution in [2.24, 2.45) is 0 Å². The Morgan fingerprint density at radius 3 is 2.79 bits per heavy atom. The van der Waals surface area contributed by atoms with Crippen molar-refractivity contribution in [1.82, 2.24) is 10.3 Å². The number of methoxy groups -OCH3 is 1. The number of carbonyl (C=O) groups excluding carboxylic acids is 1. The van der Waals surface area contributed by atoms with Gasteiger partial charge in [-0.2, -0.15) is 0 Å². The predicted octanol–water partition coefficient (Wildman–Crippen LogP) is 2.76. The highest BCUT2D eigenvalue weighted by Crippen LogP contribution is 2.18. The molecule has 0 spiro atoms. The number of nitrogens with one attached hydrogen (secondary N) is 1. The third kappa shape index (κ3) is 6.27. The van der Waals surface area contributed by atoms with Gasteiger partial charge in [0.2, 0.25) is 0 Å². The molecular weight excluding hydrogens is 284 g/mol. The third-order valence-electron chi connectivity index (χ3n) is 2.38. The number of aromatic nitrogens is 1. The monoisotopic (exact) mass is 302 g/mol. The summed E-state index contributed by atoms with van der Waals surface area (Å²) in [4.78, 5) is 15.8. The maximum atomic E-state index is 11.6. The third-order valence-corrected chi connectivity index (χ3v) is 3.58. The number of carbonyl (C=O) groups is 1. The Kier molecular flexibility index (Phi) is 7.20. The molecule has 0 aliphatic carbocycles. The van der Waals surface area contributed by atoms with Crippen LogP contribution in [0.25, 0.3) is 0 Å². The Balaban J connectivity index is 2.43. The van der Waals surface area contributed by atoms with Crippen molar-refractivity contribution >= 4 is 29.3 Å². The van der Waals surface area contributed by atoms with E-state index in [1.54, 1.807) is 24.0 Å². The zero-order valence-corrected chi connectivity index (χ0v) is 12.9. The van der Waals surface area contributed by atoms with Crippen LogP contribution in [0.5, 0.6) is 0 Å². The average Bonchev–Trinajstić information content (AvgIpc) is 2.38. The Bertz CT molecular complexity index is 398. The zero-order valence-electron chi connectivity index (χ0n) is 11.4. The van der Waals surface area contributed by atoms with E-state index in [1.165, 1.54) is 7.11 Å². The van der Waals surface area contributed by atoms with Gasteiger partial charge in [-0.15, -0.1) is 11.8 Å². The van der Waals surface area contributed by atoms with Crippen LogP contribution in [0, 0.1) is 0 Å². The van der Waals surface area contributed by atoms with Crippen LogP contribution in [0.4, 0.5) is 0 Å². The van der Waals surface area contributed by atoms with Crippen molar-refractivity contribution in [2.45, 2.75) is 37.4 Å². The highest BCUT2D eigenvalue weighted by molar-refractivity contribution is 7.99. The number of nitrogens with zero attached hydrogens (tertiary/aromatic N) is 1.